The molecule has 7 nitrogen and oxygen atoms in total. The van der Waals surface area contributed by atoms with E-state index in [1.807, 2.05) is 0 Å². The summed E-state index contributed by atoms with van der Waals surface area (Å²) in [6, 6.07) is 0. The first-order chi connectivity index (χ1) is 4.27. The van der Waals surface area contributed by atoms with Crippen LogP contribution in [-0.2, 0) is 9.53 Å². The van der Waals surface area contributed by atoms with Gasteiger partial charge in [0.05, 0.1) is 0 Å². The summed E-state index contributed by atoms with van der Waals surface area (Å²) in [7, 11) is 0. The number of carbonyl (C=O) groups excluding carboxylic acids is 1. The Hall–Kier alpha value is -1.37. The van der Waals surface area contributed by atoms with Crippen LogP contribution >= 0.6 is 0 Å². The molecule has 1 heterocycles. The topological polar surface area (TPSA) is 102 Å². The van der Waals surface area contributed by atoms with E-state index in [1.165, 1.54) is 0 Å². The molecule has 7 heteroatoms. The number of rotatable bonds is 2. The average Bonchev–Trinajstić information content (AvgIpc) is 2.16. The Labute approximate surface area is 49.6 Å². The van der Waals surface area contributed by atoms with Gasteiger partial charge in [0.25, 0.3) is 6.47 Å². The summed E-state index contributed by atoms with van der Waals surface area (Å²) in [5.41, 5.74) is 5.10. The molecule has 0 unspecified atom stereocenters. The molecule has 0 radical (unpaired) electrons. The highest BCUT2D eigenvalue weighted by atomic mass is 16.6. The molecule has 0 fully saturated rings. The van der Waals surface area contributed by atoms with Crippen LogP contribution in [0.4, 0.5) is 0 Å². The first-order valence-corrected chi connectivity index (χ1v) is 2.01. The van der Waals surface area contributed by atoms with Crippen molar-refractivity contribution in [3.63, 3.8) is 0 Å². The maximum Gasteiger partial charge on any atom is 0.402 e. The highest BCUT2D eigenvalue weighted by molar-refractivity contribution is 5.37. The second-order valence-electron chi connectivity index (χ2n) is 1.25. The lowest BCUT2D eigenvalue weighted by Gasteiger charge is -2.07. The minimum absolute atomic E-state index is 0.128. The van der Waals surface area contributed by atoms with Crippen LogP contribution in [0.3, 0.4) is 0 Å². The Morgan fingerprint density at radius 3 is 2.44 bits per heavy atom. The van der Waals surface area contributed by atoms with E-state index >= 15 is 0 Å². The zero-order valence-corrected chi connectivity index (χ0v) is 4.26. The van der Waals surface area contributed by atoms with Crippen LogP contribution in [-0.4, -0.2) is 12.4 Å². The summed E-state index contributed by atoms with van der Waals surface area (Å²) in [5, 5.41) is 12.4. The monoisotopic (exact) mass is 129 g/mol. The first kappa shape index (κ1) is 5.76. The number of carbonyl (C=O) groups is 1. The molecule has 0 aromatic carbocycles. The third-order valence-corrected chi connectivity index (χ3v) is 0.638. The van der Waals surface area contributed by atoms with Crippen LogP contribution < -0.4 is 5.73 Å². The highest BCUT2D eigenvalue weighted by Gasteiger charge is 2.28. The van der Waals surface area contributed by atoms with Gasteiger partial charge >= 0.3 is 5.97 Å². The Kier molecular flexibility index (Phi) is 1.19. The van der Waals surface area contributed by atoms with Crippen molar-refractivity contribution < 1.29 is 9.53 Å². The quantitative estimate of drug-likeness (QED) is 0.403. The normalized spacial score (nSPS) is 20.1. The SMILES string of the molecule is NC1(OC=O)N=NN=N1. The van der Waals surface area contributed by atoms with Crippen LogP contribution in [0.5, 0.6) is 0 Å². The maximum atomic E-state index is 9.66. The Bertz CT molecular complexity index is 162. The van der Waals surface area contributed by atoms with Crippen LogP contribution in [0.25, 0.3) is 0 Å². The molecule has 1 aliphatic rings. The summed E-state index contributed by atoms with van der Waals surface area (Å²) < 4.78 is 4.17. The summed E-state index contributed by atoms with van der Waals surface area (Å²) in [6.45, 7) is 0.128. The van der Waals surface area contributed by atoms with E-state index in [0.717, 1.165) is 0 Å². The Balaban J connectivity index is 2.63. The molecule has 0 bridgehead atoms. The van der Waals surface area contributed by atoms with Crippen molar-refractivity contribution in [2.75, 3.05) is 0 Å². The number of hydrogen-bond donors (Lipinski definition) is 1. The fourth-order valence-electron chi connectivity index (χ4n) is 0.306. The minimum atomic E-state index is -1.71. The Morgan fingerprint density at radius 1 is 1.44 bits per heavy atom. The molecule has 0 aromatic rings. The van der Waals surface area contributed by atoms with Gasteiger partial charge in [-0.25, -0.2) is 5.73 Å². The zero-order chi connectivity index (χ0) is 6.74. The lowest BCUT2D eigenvalue weighted by atomic mass is 10.8. The summed E-state index contributed by atoms with van der Waals surface area (Å²) in [4.78, 5) is 9.66. The van der Waals surface area contributed by atoms with Crippen LogP contribution in [0.15, 0.2) is 20.7 Å². The molecule has 48 valence electrons. The van der Waals surface area contributed by atoms with Crippen molar-refractivity contribution in [2.24, 2.45) is 26.4 Å². The molecule has 9 heavy (non-hydrogen) atoms. The van der Waals surface area contributed by atoms with Crippen LogP contribution in [0, 0.1) is 0 Å². The van der Waals surface area contributed by atoms with Crippen molar-refractivity contribution in [1.82, 2.24) is 0 Å². The third kappa shape index (κ3) is 1.05. The van der Waals surface area contributed by atoms with Crippen molar-refractivity contribution in [3.8, 4) is 0 Å². The molecule has 0 saturated heterocycles. The van der Waals surface area contributed by atoms with Gasteiger partial charge in [0.15, 0.2) is 0 Å². The van der Waals surface area contributed by atoms with Gasteiger partial charge in [0.1, 0.15) is 0 Å². The summed E-state index contributed by atoms with van der Waals surface area (Å²) in [5.74, 6) is -1.71. The molecular weight excluding hydrogens is 126 g/mol. The van der Waals surface area contributed by atoms with E-state index in [-0.39, 0.29) is 6.47 Å². The van der Waals surface area contributed by atoms with E-state index < -0.39 is 5.97 Å². The fourth-order valence-corrected chi connectivity index (χ4v) is 0.306. The van der Waals surface area contributed by atoms with Gasteiger partial charge < -0.3 is 4.74 Å². The predicted molar refractivity (Wildman–Crippen MR) is 23.8 cm³/mol. The molecule has 0 aromatic heterocycles. The lowest BCUT2D eigenvalue weighted by Crippen LogP contribution is -2.36. The van der Waals surface area contributed by atoms with Gasteiger partial charge in [-0.3, -0.25) is 4.79 Å². The van der Waals surface area contributed by atoms with E-state index in [4.69, 9.17) is 5.73 Å². The third-order valence-electron chi connectivity index (χ3n) is 0.638. The lowest BCUT2D eigenvalue weighted by molar-refractivity contribution is -0.141. The molecule has 0 spiro atoms. The minimum Gasteiger partial charge on any atom is -0.403 e. The molecular formula is C2H3N5O2. The van der Waals surface area contributed by atoms with Gasteiger partial charge in [0, 0.05) is 0 Å². The van der Waals surface area contributed by atoms with Gasteiger partial charge in [-0.2, -0.15) is 0 Å². The molecule has 0 atom stereocenters. The smallest absolute Gasteiger partial charge is 0.402 e. The number of ether oxygens (including phenoxy) is 1. The summed E-state index contributed by atoms with van der Waals surface area (Å²) >= 11 is 0. The predicted octanol–water partition coefficient (Wildman–Crippen LogP) is -0.438. The van der Waals surface area contributed by atoms with Crippen LogP contribution in [0.1, 0.15) is 0 Å². The van der Waals surface area contributed by atoms with E-state index in [9.17, 15) is 4.79 Å². The average molecular weight is 129 g/mol. The second kappa shape index (κ2) is 1.86. The maximum absolute atomic E-state index is 9.66. The number of nitrogens with two attached hydrogens (primary N) is 1. The van der Waals surface area contributed by atoms with Gasteiger partial charge in [0.2, 0.25) is 0 Å². The van der Waals surface area contributed by atoms with Crippen molar-refractivity contribution in [1.29, 1.82) is 0 Å². The van der Waals surface area contributed by atoms with E-state index in [0.29, 0.717) is 0 Å². The molecule has 1 aliphatic heterocycles. The highest BCUT2D eigenvalue weighted by Crippen LogP contribution is 2.12. The van der Waals surface area contributed by atoms with E-state index in [1.54, 1.807) is 0 Å². The fraction of sp³-hybridized carbons (Fsp3) is 0.500. The number of hydrogen-bond acceptors (Lipinski definition) is 7. The van der Waals surface area contributed by atoms with Crippen molar-refractivity contribution in [2.45, 2.75) is 5.97 Å². The van der Waals surface area contributed by atoms with Crippen molar-refractivity contribution >= 4 is 6.47 Å². The van der Waals surface area contributed by atoms with Crippen molar-refractivity contribution in [3.05, 3.63) is 0 Å². The molecule has 0 amide bonds. The molecule has 0 saturated carbocycles. The van der Waals surface area contributed by atoms with Gasteiger partial charge in [-0.15, -0.1) is 0 Å². The first-order valence-electron chi connectivity index (χ1n) is 2.01. The number of nitrogens with zero attached hydrogens (tertiary/aromatic N) is 4. The molecule has 0 aliphatic carbocycles. The Morgan fingerprint density at radius 2 is 2.00 bits per heavy atom. The largest absolute Gasteiger partial charge is 0.403 e. The molecule has 1 rings (SSSR count). The van der Waals surface area contributed by atoms with Gasteiger partial charge in [-0.05, 0) is 10.4 Å². The van der Waals surface area contributed by atoms with Crippen LogP contribution in [0.2, 0.25) is 0 Å². The standard InChI is InChI=1S/C2H3N5O2/c3-2(9-1-8)4-6-7-5-2/h1H,3H2. The molecule has 2 N–H and O–H groups in total. The summed E-state index contributed by atoms with van der Waals surface area (Å²) in [6.07, 6.45) is 0. The second-order valence-corrected chi connectivity index (χ2v) is 1.25. The van der Waals surface area contributed by atoms with Gasteiger partial charge in [-0.1, -0.05) is 10.2 Å². The zero-order valence-electron chi connectivity index (χ0n) is 4.26. The van der Waals surface area contributed by atoms with E-state index in [2.05, 4.69) is 25.4 Å².